The summed E-state index contributed by atoms with van der Waals surface area (Å²) in [5, 5.41) is 2.99. The highest BCUT2D eigenvalue weighted by molar-refractivity contribution is 6.30. The standard InChI is InChI=1S/C20H23ClFN3O/c1-5-25(4)12-24-19-9-13(2)16(8-14(19)3)20(26)11-23-15-6-7-17(21)18(22)10-15/h6-10,12,23H,5,11H2,1-4H3. The molecule has 0 heterocycles. The number of ketones is 1. The number of benzene rings is 2. The Morgan fingerprint density at radius 1 is 1.27 bits per heavy atom. The van der Waals surface area contributed by atoms with E-state index < -0.39 is 5.82 Å². The molecule has 0 aliphatic heterocycles. The van der Waals surface area contributed by atoms with Crippen molar-refractivity contribution in [1.82, 2.24) is 4.90 Å². The molecular weight excluding hydrogens is 353 g/mol. The lowest BCUT2D eigenvalue weighted by Crippen LogP contribution is -2.16. The largest absolute Gasteiger partial charge is 0.377 e. The number of anilines is 1. The highest BCUT2D eigenvalue weighted by Crippen LogP contribution is 2.24. The maximum atomic E-state index is 13.5. The van der Waals surface area contributed by atoms with Crippen LogP contribution in [-0.4, -0.2) is 37.2 Å². The molecule has 138 valence electrons. The summed E-state index contributed by atoms with van der Waals surface area (Å²) in [6.45, 7) is 6.80. The Morgan fingerprint density at radius 3 is 2.65 bits per heavy atom. The first-order valence-electron chi connectivity index (χ1n) is 8.39. The van der Waals surface area contributed by atoms with Crippen LogP contribution in [0.1, 0.15) is 28.4 Å². The smallest absolute Gasteiger partial charge is 0.182 e. The molecule has 0 spiro atoms. The van der Waals surface area contributed by atoms with E-state index in [4.69, 9.17) is 11.6 Å². The summed E-state index contributed by atoms with van der Waals surface area (Å²) in [4.78, 5) is 19.0. The van der Waals surface area contributed by atoms with Crippen LogP contribution >= 0.6 is 11.6 Å². The van der Waals surface area contributed by atoms with Crippen molar-refractivity contribution in [1.29, 1.82) is 0 Å². The molecule has 0 aliphatic carbocycles. The van der Waals surface area contributed by atoms with Gasteiger partial charge in [0.2, 0.25) is 0 Å². The van der Waals surface area contributed by atoms with E-state index in [-0.39, 0.29) is 17.4 Å². The van der Waals surface area contributed by atoms with E-state index in [1.807, 2.05) is 44.9 Å². The maximum absolute atomic E-state index is 13.5. The third-order valence-corrected chi connectivity index (χ3v) is 4.42. The Labute approximate surface area is 158 Å². The van der Waals surface area contributed by atoms with Gasteiger partial charge in [0, 0.05) is 24.8 Å². The zero-order chi connectivity index (χ0) is 19.3. The first-order valence-corrected chi connectivity index (χ1v) is 8.77. The number of nitrogens with one attached hydrogen (secondary N) is 1. The fourth-order valence-electron chi connectivity index (χ4n) is 2.37. The lowest BCUT2D eigenvalue weighted by Gasteiger charge is -2.12. The quantitative estimate of drug-likeness (QED) is 0.420. The van der Waals surface area contributed by atoms with Crippen molar-refractivity contribution in [3.05, 3.63) is 57.9 Å². The number of halogens is 2. The average molecular weight is 376 g/mol. The second kappa shape index (κ2) is 8.81. The number of nitrogens with zero attached hydrogens (tertiary/aromatic N) is 2. The minimum Gasteiger partial charge on any atom is -0.377 e. The minimum atomic E-state index is -0.518. The molecule has 0 fully saturated rings. The topological polar surface area (TPSA) is 44.7 Å². The molecule has 0 saturated heterocycles. The molecule has 0 bridgehead atoms. The monoisotopic (exact) mass is 375 g/mol. The van der Waals surface area contributed by atoms with Gasteiger partial charge in [0.1, 0.15) is 5.82 Å². The van der Waals surface area contributed by atoms with E-state index in [1.54, 1.807) is 12.4 Å². The normalized spacial score (nSPS) is 11.0. The van der Waals surface area contributed by atoms with Crippen LogP contribution in [0.15, 0.2) is 35.3 Å². The van der Waals surface area contributed by atoms with Crippen LogP contribution in [0.4, 0.5) is 15.8 Å². The second-order valence-corrected chi connectivity index (χ2v) is 6.58. The van der Waals surface area contributed by atoms with Gasteiger partial charge >= 0.3 is 0 Å². The summed E-state index contributed by atoms with van der Waals surface area (Å²) in [6.07, 6.45) is 1.78. The molecule has 2 aromatic carbocycles. The van der Waals surface area contributed by atoms with Crippen molar-refractivity contribution in [2.24, 2.45) is 4.99 Å². The fourth-order valence-corrected chi connectivity index (χ4v) is 2.48. The zero-order valence-electron chi connectivity index (χ0n) is 15.4. The van der Waals surface area contributed by atoms with Gasteiger partial charge in [-0.3, -0.25) is 4.79 Å². The number of rotatable bonds is 7. The third-order valence-electron chi connectivity index (χ3n) is 4.11. The Kier molecular flexibility index (Phi) is 6.75. The van der Waals surface area contributed by atoms with E-state index in [1.165, 1.54) is 12.1 Å². The molecule has 0 saturated carbocycles. The van der Waals surface area contributed by atoms with E-state index in [9.17, 15) is 9.18 Å². The number of Topliss-reactive ketones (excluding diaryl/α,β-unsaturated/α-hetero) is 1. The molecule has 26 heavy (non-hydrogen) atoms. The van der Waals surface area contributed by atoms with Crippen LogP contribution in [0, 0.1) is 19.7 Å². The summed E-state index contributed by atoms with van der Waals surface area (Å²) < 4.78 is 13.5. The summed E-state index contributed by atoms with van der Waals surface area (Å²) in [6, 6.07) is 8.12. The van der Waals surface area contributed by atoms with Crippen LogP contribution < -0.4 is 5.32 Å². The van der Waals surface area contributed by atoms with Crippen molar-refractivity contribution in [2.45, 2.75) is 20.8 Å². The van der Waals surface area contributed by atoms with Gasteiger partial charge in [-0.25, -0.2) is 9.38 Å². The van der Waals surface area contributed by atoms with Gasteiger partial charge < -0.3 is 10.2 Å². The summed E-state index contributed by atoms with van der Waals surface area (Å²) in [5.41, 5.74) is 3.77. The van der Waals surface area contributed by atoms with Gasteiger partial charge in [-0.15, -0.1) is 0 Å². The number of carbonyl (C=O) groups excluding carboxylic acids is 1. The van der Waals surface area contributed by atoms with Crippen molar-refractivity contribution in [3.8, 4) is 0 Å². The Hall–Kier alpha value is -2.40. The van der Waals surface area contributed by atoms with Crippen LogP contribution in [-0.2, 0) is 0 Å². The van der Waals surface area contributed by atoms with Gasteiger partial charge in [-0.05, 0) is 62.2 Å². The molecule has 0 amide bonds. The molecule has 2 aromatic rings. The van der Waals surface area contributed by atoms with Crippen LogP contribution in [0.5, 0.6) is 0 Å². The van der Waals surface area contributed by atoms with Gasteiger partial charge in [0.25, 0.3) is 0 Å². The summed E-state index contributed by atoms with van der Waals surface area (Å²) in [7, 11) is 1.95. The highest BCUT2D eigenvalue weighted by Gasteiger charge is 2.12. The van der Waals surface area contributed by atoms with Gasteiger partial charge in [-0.2, -0.15) is 0 Å². The molecule has 0 atom stereocenters. The molecule has 0 unspecified atom stereocenters. The van der Waals surface area contributed by atoms with Crippen LogP contribution in [0.2, 0.25) is 5.02 Å². The van der Waals surface area contributed by atoms with Crippen molar-refractivity contribution in [2.75, 3.05) is 25.5 Å². The van der Waals surface area contributed by atoms with E-state index in [2.05, 4.69) is 10.3 Å². The van der Waals surface area contributed by atoms with E-state index in [0.717, 1.165) is 23.4 Å². The number of aliphatic imine (C=N–C) groups is 1. The Bertz CT molecular complexity index is 836. The SMILES string of the molecule is CCN(C)C=Nc1cc(C)c(C(=O)CNc2ccc(Cl)c(F)c2)cc1C. The fraction of sp³-hybridized carbons (Fsp3) is 0.300. The Morgan fingerprint density at radius 2 is 2.00 bits per heavy atom. The first kappa shape index (κ1) is 19.9. The predicted octanol–water partition coefficient (Wildman–Crippen LogP) is 5.00. The van der Waals surface area contributed by atoms with Crippen molar-refractivity contribution < 1.29 is 9.18 Å². The van der Waals surface area contributed by atoms with Gasteiger partial charge in [0.05, 0.1) is 23.6 Å². The number of hydrogen-bond donors (Lipinski definition) is 1. The van der Waals surface area contributed by atoms with Crippen LogP contribution in [0.3, 0.4) is 0 Å². The average Bonchev–Trinajstić information content (AvgIpc) is 2.62. The first-order chi connectivity index (χ1) is 12.3. The second-order valence-electron chi connectivity index (χ2n) is 6.18. The Balaban J connectivity index is 2.12. The summed E-state index contributed by atoms with van der Waals surface area (Å²) in [5.74, 6) is -0.586. The molecule has 4 nitrogen and oxygen atoms in total. The van der Waals surface area contributed by atoms with E-state index in [0.29, 0.717) is 11.3 Å². The molecule has 6 heteroatoms. The van der Waals surface area contributed by atoms with E-state index >= 15 is 0 Å². The van der Waals surface area contributed by atoms with Gasteiger partial charge in [0.15, 0.2) is 5.78 Å². The number of carbonyl (C=O) groups is 1. The predicted molar refractivity (Wildman–Crippen MR) is 107 cm³/mol. The maximum Gasteiger partial charge on any atom is 0.182 e. The molecule has 2 rings (SSSR count). The lowest BCUT2D eigenvalue weighted by molar-refractivity contribution is 0.101. The third kappa shape index (κ3) is 5.05. The molecule has 0 aromatic heterocycles. The highest BCUT2D eigenvalue weighted by atomic mass is 35.5. The molecule has 0 aliphatic rings. The number of hydrogen-bond acceptors (Lipinski definition) is 3. The molecule has 0 radical (unpaired) electrons. The van der Waals surface area contributed by atoms with Crippen molar-refractivity contribution in [3.63, 3.8) is 0 Å². The van der Waals surface area contributed by atoms with Gasteiger partial charge in [-0.1, -0.05) is 11.6 Å². The zero-order valence-corrected chi connectivity index (χ0v) is 16.2. The summed E-state index contributed by atoms with van der Waals surface area (Å²) >= 11 is 5.66. The molecule has 1 N–H and O–H groups in total. The minimum absolute atomic E-state index is 0.0539. The van der Waals surface area contributed by atoms with Crippen LogP contribution in [0.25, 0.3) is 0 Å². The molecular formula is C20H23ClFN3O. The van der Waals surface area contributed by atoms with Crippen molar-refractivity contribution >= 4 is 35.1 Å². The lowest BCUT2D eigenvalue weighted by atomic mass is 10.0. The number of aryl methyl sites for hydroxylation is 2.